The molecular formula is C29H26N4O3. The minimum Gasteiger partial charge on any atom is -0.493 e. The van der Waals surface area contributed by atoms with E-state index < -0.39 is 0 Å². The maximum atomic E-state index is 12.8. The van der Waals surface area contributed by atoms with Crippen molar-refractivity contribution in [3.05, 3.63) is 107 Å². The number of carbonyl (C=O) groups is 1. The molecule has 1 aromatic heterocycles. The van der Waals surface area contributed by atoms with Gasteiger partial charge < -0.3 is 25.8 Å². The van der Waals surface area contributed by atoms with Gasteiger partial charge in [0.2, 0.25) is 0 Å². The molecule has 0 aliphatic rings. The van der Waals surface area contributed by atoms with Crippen molar-refractivity contribution in [2.24, 2.45) is 0 Å². The van der Waals surface area contributed by atoms with Crippen molar-refractivity contribution in [3.63, 3.8) is 0 Å². The number of nitrogens with two attached hydrogens (primary N) is 1. The van der Waals surface area contributed by atoms with E-state index in [4.69, 9.17) is 15.2 Å². The van der Waals surface area contributed by atoms with Crippen molar-refractivity contribution in [1.82, 2.24) is 4.98 Å². The molecule has 4 rings (SSSR count). The van der Waals surface area contributed by atoms with Gasteiger partial charge in [0.1, 0.15) is 0 Å². The molecule has 0 saturated carbocycles. The largest absolute Gasteiger partial charge is 0.493 e. The number of hydrogen-bond acceptors (Lipinski definition) is 6. The fraction of sp³-hybridized carbons (Fsp3) is 0.103. The molecule has 0 fully saturated rings. The molecule has 1 amide bonds. The lowest BCUT2D eigenvalue weighted by molar-refractivity contribution is 0.102. The van der Waals surface area contributed by atoms with Crippen LogP contribution in [0.1, 0.15) is 27.0 Å². The first-order valence-electron chi connectivity index (χ1n) is 11.2. The zero-order valence-electron chi connectivity index (χ0n) is 20.0. The monoisotopic (exact) mass is 478 g/mol. The first-order chi connectivity index (χ1) is 17.6. The molecule has 0 saturated heterocycles. The molecule has 7 heteroatoms. The Balaban J connectivity index is 1.39. The standard InChI is InChI=1S/C29H26N4O3/c1-35-27-14-12-24(17-28(27)36-2)32-19-22-7-10-23(11-8-22)29(34)33-26-16-20(9-13-25(26)30)5-6-21-4-3-15-31-18-21/h3-4,7-18,32H,19,30H2,1-2H3,(H,33,34). The third-order valence-corrected chi connectivity index (χ3v) is 5.41. The van der Waals surface area contributed by atoms with Gasteiger partial charge >= 0.3 is 0 Å². The number of methoxy groups -OCH3 is 2. The van der Waals surface area contributed by atoms with Crippen LogP contribution in [0.4, 0.5) is 17.1 Å². The number of anilines is 3. The van der Waals surface area contributed by atoms with Crippen molar-refractivity contribution < 1.29 is 14.3 Å². The molecule has 4 aromatic rings. The van der Waals surface area contributed by atoms with Gasteiger partial charge in [-0.1, -0.05) is 24.0 Å². The van der Waals surface area contributed by atoms with E-state index in [1.54, 1.807) is 50.9 Å². The van der Waals surface area contributed by atoms with Gasteiger partial charge in [0.25, 0.3) is 5.91 Å². The number of amides is 1. The van der Waals surface area contributed by atoms with Gasteiger partial charge in [-0.05, 0) is 60.2 Å². The highest BCUT2D eigenvalue weighted by Gasteiger charge is 2.09. The predicted octanol–water partition coefficient (Wildman–Crippen LogP) is 4.95. The Morgan fingerprint density at radius 3 is 2.42 bits per heavy atom. The number of rotatable bonds is 7. The number of nitrogens with one attached hydrogen (secondary N) is 2. The summed E-state index contributed by atoms with van der Waals surface area (Å²) in [5.74, 6) is 7.19. The van der Waals surface area contributed by atoms with Gasteiger partial charge in [0.15, 0.2) is 11.5 Å². The van der Waals surface area contributed by atoms with Crippen LogP contribution in [0.15, 0.2) is 85.2 Å². The Bertz CT molecular complexity index is 1410. The third kappa shape index (κ3) is 6.13. The number of nitrogen functional groups attached to an aromatic ring is 1. The number of pyridine rings is 1. The van der Waals surface area contributed by atoms with Gasteiger partial charge in [-0.15, -0.1) is 0 Å². The summed E-state index contributed by atoms with van der Waals surface area (Å²) in [5.41, 5.74) is 11.0. The highest BCUT2D eigenvalue weighted by atomic mass is 16.5. The first-order valence-corrected chi connectivity index (χ1v) is 11.2. The van der Waals surface area contributed by atoms with Crippen LogP contribution in [0.2, 0.25) is 0 Å². The fourth-order valence-electron chi connectivity index (χ4n) is 3.44. The molecule has 0 spiro atoms. The van der Waals surface area contributed by atoms with Crippen LogP contribution < -0.4 is 25.8 Å². The third-order valence-electron chi connectivity index (χ3n) is 5.41. The van der Waals surface area contributed by atoms with Crippen molar-refractivity contribution in [3.8, 4) is 23.3 Å². The van der Waals surface area contributed by atoms with E-state index in [0.29, 0.717) is 35.0 Å². The van der Waals surface area contributed by atoms with E-state index in [0.717, 1.165) is 22.4 Å². The molecule has 4 N–H and O–H groups in total. The van der Waals surface area contributed by atoms with Crippen LogP contribution >= 0.6 is 0 Å². The van der Waals surface area contributed by atoms with E-state index in [2.05, 4.69) is 27.5 Å². The minimum absolute atomic E-state index is 0.251. The summed E-state index contributed by atoms with van der Waals surface area (Å²) in [7, 11) is 3.21. The number of nitrogens with zero attached hydrogens (tertiary/aromatic N) is 1. The van der Waals surface area contributed by atoms with E-state index in [1.807, 2.05) is 48.5 Å². The molecule has 0 radical (unpaired) electrons. The molecule has 0 atom stereocenters. The van der Waals surface area contributed by atoms with Crippen LogP contribution in [-0.4, -0.2) is 25.1 Å². The van der Waals surface area contributed by atoms with Gasteiger partial charge in [-0.3, -0.25) is 9.78 Å². The second-order valence-electron chi connectivity index (χ2n) is 7.87. The van der Waals surface area contributed by atoms with Crippen molar-refractivity contribution in [1.29, 1.82) is 0 Å². The van der Waals surface area contributed by atoms with Crippen LogP contribution in [0.25, 0.3) is 0 Å². The van der Waals surface area contributed by atoms with Gasteiger partial charge in [0.05, 0.1) is 25.6 Å². The molecule has 0 aliphatic carbocycles. The van der Waals surface area contributed by atoms with E-state index >= 15 is 0 Å². The lowest BCUT2D eigenvalue weighted by atomic mass is 10.1. The number of aromatic nitrogens is 1. The van der Waals surface area contributed by atoms with Crippen molar-refractivity contribution in [2.75, 3.05) is 30.6 Å². The number of hydrogen-bond donors (Lipinski definition) is 3. The lowest BCUT2D eigenvalue weighted by Crippen LogP contribution is -2.13. The summed E-state index contributed by atoms with van der Waals surface area (Å²) in [4.78, 5) is 16.9. The molecular weight excluding hydrogens is 452 g/mol. The molecule has 0 aliphatic heterocycles. The normalized spacial score (nSPS) is 10.1. The summed E-state index contributed by atoms with van der Waals surface area (Å²) in [6, 6.07) is 22.0. The highest BCUT2D eigenvalue weighted by molar-refractivity contribution is 6.05. The summed E-state index contributed by atoms with van der Waals surface area (Å²) in [6.45, 7) is 0.585. The van der Waals surface area contributed by atoms with Crippen LogP contribution in [0.5, 0.6) is 11.5 Å². The summed E-state index contributed by atoms with van der Waals surface area (Å²) in [5, 5.41) is 6.22. The average Bonchev–Trinajstić information content (AvgIpc) is 2.93. The zero-order chi connectivity index (χ0) is 25.3. The Labute approximate surface area is 210 Å². The molecule has 1 heterocycles. The van der Waals surface area contributed by atoms with Gasteiger partial charge in [0, 0.05) is 47.4 Å². The smallest absolute Gasteiger partial charge is 0.255 e. The zero-order valence-corrected chi connectivity index (χ0v) is 20.0. The molecule has 0 unspecified atom stereocenters. The molecule has 180 valence electrons. The fourth-order valence-corrected chi connectivity index (χ4v) is 3.44. The lowest BCUT2D eigenvalue weighted by Gasteiger charge is -2.12. The predicted molar refractivity (Wildman–Crippen MR) is 142 cm³/mol. The second kappa shape index (κ2) is 11.4. The van der Waals surface area contributed by atoms with E-state index in [1.165, 1.54) is 0 Å². The summed E-state index contributed by atoms with van der Waals surface area (Å²) in [6.07, 6.45) is 3.39. The summed E-state index contributed by atoms with van der Waals surface area (Å²) >= 11 is 0. The minimum atomic E-state index is -0.251. The Kier molecular flexibility index (Phi) is 7.69. The Morgan fingerprint density at radius 2 is 1.69 bits per heavy atom. The molecule has 3 aromatic carbocycles. The first kappa shape index (κ1) is 24.2. The number of carbonyl (C=O) groups excluding carboxylic acids is 1. The quantitative estimate of drug-likeness (QED) is 0.257. The van der Waals surface area contributed by atoms with Crippen molar-refractivity contribution >= 4 is 23.0 Å². The van der Waals surface area contributed by atoms with Crippen LogP contribution in [0.3, 0.4) is 0 Å². The Morgan fingerprint density at radius 1 is 0.917 bits per heavy atom. The maximum absolute atomic E-state index is 12.8. The molecule has 7 nitrogen and oxygen atoms in total. The van der Waals surface area contributed by atoms with E-state index in [9.17, 15) is 4.79 Å². The summed E-state index contributed by atoms with van der Waals surface area (Å²) < 4.78 is 10.6. The van der Waals surface area contributed by atoms with Crippen LogP contribution in [-0.2, 0) is 6.54 Å². The van der Waals surface area contributed by atoms with Gasteiger partial charge in [-0.2, -0.15) is 0 Å². The van der Waals surface area contributed by atoms with Gasteiger partial charge in [-0.25, -0.2) is 0 Å². The second-order valence-corrected chi connectivity index (χ2v) is 7.87. The Hall–Kier alpha value is -4.96. The molecule has 36 heavy (non-hydrogen) atoms. The SMILES string of the molecule is COc1ccc(NCc2ccc(C(=O)Nc3cc(C#Cc4cccnc4)ccc3N)cc2)cc1OC. The number of ether oxygens (including phenoxy) is 2. The number of benzene rings is 3. The average molecular weight is 479 g/mol. The maximum Gasteiger partial charge on any atom is 0.255 e. The topological polar surface area (TPSA) is 98.5 Å². The van der Waals surface area contributed by atoms with Crippen molar-refractivity contribution in [2.45, 2.75) is 6.54 Å². The van der Waals surface area contributed by atoms with Crippen LogP contribution in [0, 0.1) is 11.8 Å². The highest BCUT2D eigenvalue weighted by Crippen LogP contribution is 2.30. The van der Waals surface area contributed by atoms with E-state index in [-0.39, 0.29) is 5.91 Å². The molecule has 0 bridgehead atoms.